The number of rotatable bonds is 7. The molecule has 0 saturated heterocycles. The van der Waals surface area contributed by atoms with Crippen molar-refractivity contribution in [1.82, 2.24) is 0 Å². The second kappa shape index (κ2) is 9.68. The van der Waals surface area contributed by atoms with Crippen LogP contribution in [0.15, 0.2) is 66.7 Å². The zero-order valence-electron chi connectivity index (χ0n) is 17.6. The summed E-state index contributed by atoms with van der Waals surface area (Å²) in [5.41, 5.74) is 2.63. The highest BCUT2D eigenvalue weighted by atomic mass is 35.5. The number of amides is 1. The van der Waals surface area contributed by atoms with Gasteiger partial charge in [-0.05, 0) is 67.3 Å². The summed E-state index contributed by atoms with van der Waals surface area (Å²) in [5, 5.41) is 3.38. The van der Waals surface area contributed by atoms with Crippen LogP contribution in [0.4, 0.5) is 5.69 Å². The maximum Gasteiger partial charge on any atom is 0.265 e. The van der Waals surface area contributed by atoms with Crippen LogP contribution in [0.25, 0.3) is 0 Å². The third kappa shape index (κ3) is 5.55. The lowest BCUT2D eigenvalue weighted by Gasteiger charge is -2.20. The van der Waals surface area contributed by atoms with E-state index in [9.17, 15) is 4.79 Å². The molecule has 0 aliphatic rings. The molecule has 5 heteroatoms. The van der Waals surface area contributed by atoms with E-state index in [1.54, 1.807) is 25.1 Å². The third-order valence-corrected chi connectivity index (χ3v) is 4.87. The quantitative estimate of drug-likeness (QED) is 0.446. The zero-order chi connectivity index (χ0) is 21.7. The number of carbonyl (C=O) groups is 1. The average Bonchev–Trinajstić information content (AvgIpc) is 2.70. The van der Waals surface area contributed by atoms with Gasteiger partial charge in [0.15, 0.2) is 11.9 Å². The molecule has 0 aromatic heterocycles. The molecule has 3 aromatic rings. The molecule has 1 amide bonds. The summed E-state index contributed by atoms with van der Waals surface area (Å²) in [6.45, 7) is 7.92. The van der Waals surface area contributed by atoms with Gasteiger partial charge in [-0.15, -0.1) is 0 Å². The topological polar surface area (TPSA) is 47.6 Å². The number of benzene rings is 3. The van der Waals surface area contributed by atoms with E-state index in [1.165, 1.54) is 0 Å². The monoisotopic (exact) mass is 423 g/mol. The molecule has 1 N–H and O–H groups in total. The van der Waals surface area contributed by atoms with E-state index in [1.807, 2.05) is 55.5 Å². The van der Waals surface area contributed by atoms with Crippen molar-refractivity contribution >= 4 is 23.2 Å². The summed E-state index contributed by atoms with van der Waals surface area (Å²) in [6.07, 6.45) is -0.701. The van der Waals surface area contributed by atoms with Crippen molar-refractivity contribution in [2.75, 3.05) is 5.32 Å². The van der Waals surface area contributed by atoms with Crippen molar-refractivity contribution in [2.24, 2.45) is 0 Å². The minimum Gasteiger partial charge on any atom is -0.481 e. The molecule has 0 spiro atoms. The van der Waals surface area contributed by atoms with Gasteiger partial charge in [-0.1, -0.05) is 55.8 Å². The lowest BCUT2D eigenvalue weighted by atomic mass is 10.0. The Balaban J connectivity index is 1.77. The molecular formula is C25H26ClNO3. The highest BCUT2D eigenvalue weighted by Gasteiger charge is 2.19. The first-order valence-electron chi connectivity index (χ1n) is 9.94. The fourth-order valence-corrected chi connectivity index (χ4v) is 3.18. The molecule has 30 heavy (non-hydrogen) atoms. The van der Waals surface area contributed by atoms with Crippen LogP contribution in [0.1, 0.15) is 37.8 Å². The van der Waals surface area contributed by atoms with E-state index in [4.69, 9.17) is 21.1 Å². The van der Waals surface area contributed by atoms with Crippen LogP contribution in [-0.4, -0.2) is 12.0 Å². The molecular weight excluding hydrogens is 398 g/mol. The van der Waals surface area contributed by atoms with Crippen LogP contribution in [0, 0.1) is 6.92 Å². The average molecular weight is 424 g/mol. The number of ether oxygens (including phenoxy) is 2. The standard InChI is InChI=1S/C25H26ClNO3/c1-16(2)21-12-10-17(3)14-24(21)29-18(4)25(28)27-22-15-19(26)11-13-23(22)30-20-8-6-5-7-9-20/h5-16,18H,1-4H3,(H,27,28). The molecule has 0 aliphatic carbocycles. The number of anilines is 1. The molecule has 156 valence electrons. The van der Waals surface area contributed by atoms with E-state index in [2.05, 4.69) is 19.2 Å². The Morgan fingerprint density at radius 2 is 1.67 bits per heavy atom. The number of para-hydroxylation sites is 1. The molecule has 0 bridgehead atoms. The Hall–Kier alpha value is -2.98. The predicted octanol–water partition coefficient (Wildman–Crippen LogP) is 6.97. The Morgan fingerprint density at radius 3 is 2.37 bits per heavy atom. The van der Waals surface area contributed by atoms with Gasteiger partial charge >= 0.3 is 0 Å². The number of halogens is 1. The van der Waals surface area contributed by atoms with E-state index in [0.29, 0.717) is 22.2 Å². The van der Waals surface area contributed by atoms with Crippen LogP contribution < -0.4 is 14.8 Å². The third-order valence-electron chi connectivity index (χ3n) is 4.63. The number of nitrogens with one attached hydrogen (secondary N) is 1. The molecule has 0 aliphatic heterocycles. The van der Waals surface area contributed by atoms with Crippen molar-refractivity contribution in [3.63, 3.8) is 0 Å². The highest BCUT2D eigenvalue weighted by Crippen LogP contribution is 2.33. The maximum absolute atomic E-state index is 12.9. The predicted molar refractivity (Wildman–Crippen MR) is 122 cm³/mol. The SMILES string of the molecule is Cc1ccc(C(C)C)c(OC(C)C(=O)Nc2cc(Cl)ccc2Oc2ccccc2)c1. The van der Waals surface area contributed by atoms with Crippen molar-refractivity contribution in [2.45, 2.75) is 39.7 Å². The molecule has 1 atom stereocenters. The van der Waals surface area contributed by atoms with Gasteiger partial charge in [-0.2, -0.15) is 0 Å². The Labute approximate surface area is 182 Å². The van der Waals surface area contributed by atoms with Gasteiger partial charge in [-0.25, -0.2) is 0 Å². The van der Waals surface area contributed by atoms with E-state index in [-0.39, 0.29) is 11.8 Å². The van der Waals surface area contributed by atoms with Crippen LogP contribution >= 0.6 is 11.6 Å². The summed E-state index contributed by atoms with van der Waals surface area (Å²) < 4.78 is 11.9. The highest BCUT2D eigenvalue weighted by molar-refractivity contribution is 6.31. The molecule has 0 saturated carbocycles. The summed E-state index contributed by atoms with van der Waals surface area (Å²) >= 11 is 6.15. The Kier molecular flexibility index (Phi) is 7.01. The number of hydrogen-bond acceptors (Lipinski definition) is 3. The normalized spacial score (nSPS) is 11.8. The van der Waals surface area contributed by atoms with Gasteiger partial charge in [-0.3, -0.25) is 4.79 Å². The van der Waals surface area contributed by atoms with Crippen LogP contribution in [0.3, 0.4) is 0 Å². The molecule has 3 aromatic carbocycles. The van der Waals surface area contributed by atoms with Gasteiger partial charge in [0.25, 0.3) is 5.91 Å². The first-order chi connectivity index (χ1) is 14.3. The van der Waals surface area contributed by atoms with E-state index >= 15 is 0 Å². The maximum atomic E-state index is 12.9. The van der Waals surface area contributed by atoms with E-state index < -0.39 is 6.10 Å². The Morgan fingerprint density at radius 1 is 0.933 bits per heavy atom. The second-order valence-electron chi connectivity index (χ2n) is 7.50. The van der Waals surface area contributed by atoms with Gasteiger partial charge in [0.2, 0.25) is 0 Å². The van der Waals surface area contributed by atoms with Crippen LogP contribution in [0.5, 0.6) is 17.2 Å². The fraction of sp³-hybridized carbons (Fsp3) is 0.240. The zero-order valence-corrected chi connectivity index (χ0v) is 18.4. The lowest BCUT2D eigenvalue weighted by molar-refractivity contribution is -0.122. The van der Waals surface area contributed by atoms with Crippen molar-refractivity contribution in [3.05, 3.63) is 82.9 Å². The van der Waals surface area contributed by atoms with Gasteiger partial charge in [0.1, 0.15) is 11.5 Å². The fourth-order valence-electron chi connectivity index (χ4n) is 3.00. The molecule has 0 heterocycles. The summed E-state index contributed by atoms with van der Waals surface area (Å²) in [5.74, 6) is 1.89. The largest absolute Gasteiger partial charge is 0.481 e. The van der Waals surface area contributed by atoms with Gasteiger partial charge in [0, 0.05) is 5.02 Å². The molecule has 0 fully saturated rings. The molecule has 3 rings (SSSR count). The number of carbonyl (C=O) groups excluding carboxylic acids is 1. The first-order valence-corrected chi connectivity index (χ1v) is 10.3. The van der Waals surface area contributed by atoms with Crippen molar-refractivity contribution in [1.29, 1.82) is 0 Å². The van der Waals surface area contributed by atoms with Gasteiger partial charge in [0.05, 0.1) is 5.69 Å². The summed E-state index contributed by atoms with van der Waals surface area (Å²) in [7, 11) is 0. The van der Waals surface area contributed by atoms with Crippen molar-refractivity contribution in [3.8, 4) is 17.2 Å². The first kappa shape index (κ1) is 21.7. The number of hydrogen-bond donors (Lipinski definition) is 1. The Bertz CT molecular complexity index is 1020. The van der Waals surface area contributed by atoms with Gasteiger partial charge < -0.3 is 14.8 Å². The molecule has 0 radical (unpaired) electrons. The van der Waals surface area contributed by atoms with Crippen molar-refractivity contribution < 1.29 is 14.3 Å². The summed E-state index contributed by atoms with van der Waals surface area (Å²) in [4.78, 5) is 12.9. The summed E-state index contributed by atoms with van der Waals surface area (Å²) in [6, 6.07) is 20.5. The van der Waals surface area contributed by atoms with Crippen LogP contribution in [-0.2, 0) is 4.79 Å². The molecule has 4 nitrogen and oxygen atoms in total. The molecule has 1 unspecified atom stereocenters. The minimum absolute atomic E-state index is 0.286. The number of aryl methyl sites for hydroxylation is 1. The smallest absolute Gasteiger partial charge is 0.265 e. The minimum atomic E-state index is -0.701. The lowest BCUT2D eigenvalue weighted by Crippen LogP contribution is -2.30. The van der Waals surface area contributed by atoms with Crippen LogP contribution in [0.2, 0.25) is 5.02 Å². The van der Waals surface area contributed by atoms with E-state index in [0.717, 1.165) is 16.9 Å². The second-order valence-corrected chi connectivity index (χ2v) is 7.94.